The quantitative estimate of drug-likeness (QED) is 0.416. The fourth-order valence-electron chi connectivity index (χ4n) is 2.39. The van der Waals surface area contributed by atoms with E-state index in [9.17, 15) is 25.4 Å². The van der Waals surface area contributed by atoms with Crippen LogP contribution in [0.25, 0.3) is 0 Å². The van der Waals surface area contributed by atoms with Crippen molar-refractivity contribution in [2.24, 2.45) is 0 Å². The van der Waals surface area contributed by atoms with Crippen molar-refractivity contribution in [3.8, 4) is 6.07 Å². The zero-order chi connectivity index (χ0) is 14.0. The first-order chi connectivity index (χ1) is 8.87. The molecule has 100 valence electrons. The van der Waals surface area contributed by atoms with Crippen LogP contribution in [-0.4, -0.2) is 48.8 Å². The van der Waals surface area contributed by atoms with Crippen molar-refractivity contribution in [1.29, 1.82) is 5.26 Å². The smallest absolute Gasteiger partial charge is 0.352 e. The first-order valence-corrected chi connectivity index (χ1v) is 5.41. The summed E-state index contributed by atoms with van der Waals surface area (Å²) in [6.07, 6.45) is -3.06. The van der Waals surface area contributed by atoms with E-state index < -0.39 is 35.3 Å². The number of nitrogens with zero attached hydrogens (tertiary/aromatic N) is 3. The van der Waals surface area contributed by atoms with Crippen molar-refractivity contribution < 1.29 is 20.1 Å². The molecule has 9 nitrogen and oxygen atoms in total. The largest absolute Gasteiger partial charge is 0.387 e. The fraction of sp³-hybridized carbons (Fsp3) is 0.500. The van der Waals surface area contributed by atoms with Crippen LogP contribution < -0.4 is 11.4 Å². The lowest BCUT2D eigenvalue weighted by molar-refractivity contribution is -0.143. The van der Waals surface area contributed by atoms with E-state index in [1.165, 1.54) is 6.07 Å². The average molecular weight is 266 g/mol. The van der Waals surface area contributed by atoms with Gasteiger partial charge in [-0.15, -0.1) is 0 Å². The maximum absolute atomic E-state index is 11.7. The van der Waals surface area contributed by atoms with E-state index in [4.69, 9.17) is 10.5 Å². The lowest BCUT2D eigenvalue weighted by Crippen LogP contribution is -2.54. The van der Waals surface area contributed by atoms with Gasteiger partial charge in [-0.1, -0.05) is 0 Å². The fourth-order valence-corrected chi connectivity index (χ4v) is 2.39. The van der Waals surface area contributed by atoms with Gasteiger partial charge in [0.2, 0.25) is 0 Å². The number of fused-ring (bicyclic) bond motifs is 1. The van der Waals surface area contributed by atoms with Gasteiger partial charge < -0.3 is 25.8 Å². The summed E-state index contributed by atoms with van der Waals surface area (Å²) in [6.45, 7) is 0. The number of rotatable bonds is 1. The van der Waals surface area contributed by atoms with E-state index in [0.717, 1.165) is 10.8 Å². The van der Waals surface area contributed by atoms with Crippen molar-refractivity contribution in [1.82, 2.24) is 9.55 Å². The van der Waals surface area contributed by atoms with Crippen LogP contribution >= 0.6 is 0 Å². The Labute approximate surface area is 106 Å². The first-order valence-electron chi connectivity index (χ1n) is 5.41. The van der Waals surface area contributed by atoms with Gasteiger partial charge in [0, 0.05) is 6.20 Å². The topological polar surface area (TPSA) is 155 Å². The Hall–Kier alpha value is -1.99. The molecule has 1 aromatic rings. The van der Waals surface area contributed by atoms with Gasteiger partial charge in [-0.2, -0.15) is 10.2 Å². The van der Waals surface area contributed by atoms with E-state index in [0.29, 0.717) is 0 Å². The molecule has 0 amide bonds. The minimum absolute atomic E-state index is 0.0502. The molecule has 5 atom stereocenters. The molecule has 0 spiro atoms. The van der Waals surface area contributed by atoms with Gasteiger partial charge in [0.25, 0.3) is 5.72 Å². The Morgan fingerprint density at radius 3 is 2.74 bits per heavy atom. The van der Waals surface area contributed by atoms with E-state index in [-0.39, 0.29) is 5.82 Å². The van der Waals surface area contributed by atoms with Crippen molar-refractivity contribution in [2.75, 3.05) is 5.73 Å². The van der Waals surface area contributed by atoms with E-state index in [1.54, 1.807) is 6.07 Å². The van der Waals surface area contributed by atoms with Crippen LogP contribution in [0.4, 0.5) is 5.82 Å². The van der Waals surface area contributed by atoms with Gasteiger partial charge in [-0.25, -0.2) is 4.79 Å². The van der Waals surface area contributed by atoms with Crippen LogP contribution in [0.1, 0.15) is 0 Å². The molecule has 2 heterocycles. The number of aliphatic hydroxyl groups excluding tert-OH is 2. The molecule has 2 aliphatic rings. The maximum Gasteiger partial charge on any atom is 0.352 e. The van der Waals surface area contributed by atoms with E-state index in [2.05, 4.69) is 4.98 Å². The zero-order valence-corrected chi connectivity index (χ0v) is 9.46. The monoisotopic (exact) mass is 266 g/mol. The van der Waals surface area contributed by atoms with Crippen LogP contribution in [0.15, 0.2) is 17.1 Å². The Morgan fingerprint density at radius 2 is 2.26 bits per heavy atom. The molecule has 1 aliphatic carbocycles. The van der Waals surface area contributed by atoms with Crippen LogP contribution in [-0.2, 0) is 10.5 Å². The lowest BCUT2D eigenvalue weighted by atomic mass is 10.0. The number of anilines is 1. The molecule has 1 aromatic heterocycles. The third kappa shape index (κ3) is 1.21. The SMILES string of the molecule is N#C[C@@]1(n2ccc(N)nc2=O)O[C@@H]2C(O)[C@@]2(O)[C@H]1O. The summed E-state index contributed by atoms with van der Waals surface area (Å²) in [4.78, 5) is 15.2. The molecule has 1 unspecified atom stereocenters. The average Bonchev–Trinajstić information content (AvgIpc) is 2.78. The number of nitrogens with two attached hydrogens (primary N) is 1. The summed E-state index contributed by atoms with van der Waals surface area (Å²) in [7, 11) is 0. The lowest BCUT2D eigenvalue weighted by Gasteiger charge is -2.30. The van der Waals surface area contributed by atoms with Gasteiger partial charge in [0.05, 0.1) is 0 Å². The minimum atomic E-state index is -2.13. The standard InChI is InChI=1S/C10H10N4O5/c11-3-9(14-2-1-4(12)13-8(14)17)7(16)10(18)5(15)6(10)19-9/h1-2,5-7,15-16,18H,(H2,12,13,17)/t5?,6-,7+,9-,10+/m1/s1. The molecular weight excluding hydrogens is 256 g/mol. The van der Waals surface area contributed by atoms with Crippen molar-refractivity contribution in [2.45, 2.75) is 29.6 Å². The van der Waals surface area contributed by atoms with Crippen LogP contribution in [0, 0.1) is 11.3 Å². The highest BCUT2D eigenvalue weighted by molar-refractivity contribution is 5.32. The number of ether oxygens (including phenoxy) is 1. The summed E-state index contributed by atoms with van der Waals surface area (Å²) in [6, 6.07) is 2.90. The first kappa shape index (κ1) is 12.1. The highest BCUT2D eigenvalue weighted by Crippen LogP contribution is 2.55. The molecule has 2 fully saturated rings. The second kappa shape index (κ2) is 3.31. The maximum atomic E-state index is 11.7. The van der Waals surface area contributed by atoms with Crippen LogP contribution in [0.3, 0.4) is 0 Å². The molecule has 1 saturated carbocycles. The number of hydrogen-bond donors (Lipinski definition) is 4. The number of nitrogen functional groups attached to an aromatic ring is 1. The Morgan fingerprint density at radius 1 is 1.58 bits per heavy atom. The number of aromatic nitrogens is 2. The highest BCUT2D eigenvalue weighted by Gasteiger charge is 2.81. The second-order valence-corrected chi connectivity index (χ2v) is 4.59. The minimum Gasteiger partial charge on any atom is -0.387 e. The molecule has 0 aromatic carbocycles. The third-order valence-corrected chi connectivity index (χ3v) is 3.57. The molecule has 19 heavy (non-hydrogen) atoms. The molecule has 5 N–H and O–H groups in total. The number of nitriles is 1. The zero-order valence-electron chi connectivity index (χ0n) is 9.46. The van der Waals surface area contributed by atoms with Crippen LogP contribution in [0.2, 0.25) is 0 Å². The van der Waals surface area contributed by atoms with Crippen molar-refractivity contribution in [3.05, 3.63) is 22.7 Å². The summed E-state index contributed by atoms with van der Waals surface area (Å²) < 4.78 is 5.92. The van der Waals surface area contributed by atoms with E-state index in [1.807, 2.05) is 0 Å². The highest BCUT2D eigenvalue weighted by atomic mass is 16.6. The van der Waals surface area contributed by atoms with Crippen molar-refractivity contribution >= 4 is 5.82 Å². The normalized spacial score (nSPS) is 43.6. The number of aliphatic hydroxyl groups is 3. The van der Waals surface area contributed by atoms with Crippen molar-refractivity contribution in [3.63, 3.8) is 0 Å². The van der Waals surface area contributed by atoms with Crippen LogP contribution in [0.5, 0.6) is 0 Å². The Kier molecular flexibility index (Phi) is 2.10. The molecule has 1 aliphatic heterocycles. The predicted molar refractivity (Wildman–Crippen MR) is 58.3 cm³/mol. The van der Waals surface area contributed by atoms with Gasteiger partial charge in [0.1, 0.15) is 24.1 Å². The van der Waals surface area contributed by atoms with Gasteiger partial charge >= 0.3 is 5.69 Å². The second-order valence-electron chi connectivity index (χ2n) is 4.59. The summed E-state index contributed by atoms with van der Waals surface area (Å²) in [5.41, 5.74) is 0.350. The Bertz CT molecular complexity index is 654. The summed E-state index contributed by atoms with van der Waals surface area (Å²) in [5, 5.41) is 38.6. The van der Waals surface area contributed by atoms with Gasteiger partial charge in [0.15, 0.2) is 11.7 Å². The predicted octanol–water partition coefficient (Wildman–Crippen LogP) is -3.13. The molecule has 1 saturated heterocycles. The Balaban J connectivity index is 2.13. The van der Waals surface area contributed by atoms with Gasteiger partial charge in [-0.05, 0) is 6.07 Å². The molecule has 3 rings (SSSR count). The number of hydrogen-bond acceptors (Lipinski definition) is 8. The van der Waals surface area contributed by atoms with E-state index >= 15 is 0 Å². The molecule has 9 heteroatoms. The molecular formula is C10H10N4O5. The summed E-state index contributed by atoms with van der Waals surface area (Å²) in [5.74, 6) is -0.0502. The van der Waals surface area contributed by atoms with Gasteiger partial charge in [-0.3, -0.25) is 4.57 Å². The molecule has 0 bridgehead atoms. The third-order valence-electron chi connectivity index (χ3n) is 3.57. The summed E-state index contributed by atoms with van der Waals surface area (Å²) >= 11 is 0. The molecule has 0 radical (unpaired) electrons.